The van der Waals surface area contributed by atoms with Crippen molar-refractivity contribution in [3.8, 4) is 28.7 Å². The van der Waals surface area contributed by atoms with Gasteiger partial charge in [0, 0.05) is 23.0 Å². The Balaban J connectivity index is 1.77. The van der Waals surface area contributed by atoms with Crippen molar-refractivity contribution in [2.24, 2.45) is 5.92 Å². The Labute approximate surface area is 210 Å². The summed E-state index contributed by atoms with van der Waals surface area (Å²) in [5.74, 6) is -0.0322. The number of carboxylic acid groups (broad SMARTS) is 1. The lowest BCUT2D eigenvalue weighted by atomic mass is 9.65. The summed E-state index contributed by atoms with van der Waals surface area (Å²) in [7, 11) is 1.53. The van der Waals surface area contributed by atoms with Gasteiger partial charge < -0.3 is 29.2 Å². The number of hydrogen-bond acceptors (Lipinski definition) is 6. The number of benzene rings is 3. The molecule has 36 heavy (non-hydrogen) atoms. The molecule has 0 aromatic heterocycles. The van der Waals surface area contributed by atoms with Crippen LogP contribution >= 0.6 is 0 Å². The number of fused-ring (bicyclic) bond motifs is 2. The van der Waals surface area contributed by atoms with Gasteiger partial charge in [-0.2, -0.15) is 0 Å². The summed E-state index contributed by atoms with van der Waals surface area (Å²) in [6, 6.07) is 16.5. The van der Waals surface area contributed by atoms with Gasteiger partial charge >= 0.3 is 5.97 Å². The van der Waals surface area contributed by atoms with Crippen LogP contribution in [0.5, 0.6) is 28.7 Å². The fourth-order valence-electron chi connectivity index (χ4n) is 5.88. The van der Waals surface area contributed by atoms with Crippen LogP contribution < -0.4 is 18.9 Å². The van der Waals surface area contributed by atoms with E-state index in [1.165, 1.54) is 13.2 Å². The molecule has 0 saturated carbocycles. The molecule has 2 aliphatic rings. The molecular weight excluding hydrogens is 460 g/mol. The quantitative estimate of drug-likeness (QED) is 0.433. The van der Waals surface area contributed by atoms with Gasteiger partial charge in [-0.25, -0.2) is 0 Å². The lowest BCUT2D eigenvalue weighted by Gasteiger charge is -2.36. The molecule has 7 heteroatoms. The number of aromatic hydroxyl groups is 1. The van der Waals surface area contributed by atoms with Crippen LogP contribution in [-0.4, -0.2) is 36.7 Å². The van der Waals surface area contributed by atoms with Gasteiger partial charge in [-0.3, -0.25) is 4.79 Å². The first-order chi connectivity index (χ1) is 17.4. The number of rotatable bonds is 8. The van der Waals surface area contributed by atoms with Crippen LogP contribution in [0.25, 0.3) is 0 Å². The minimum atomic E-state index is -0.943. The fraction of sp³-hybridized carbons (Fsp3) is 0.345. The predicted octanol–water partition coefficient (Wildman–Crippen LogP) is 5.46. The van der Waals surface area contributed by atoms with E-state index in [9.17, 15) is 15.0 Å². The highest BCUT2D eigenvalue weighted by molar-refractivity contribution is 5.80. The number of carbonyl (C=O) groups is 1. The number of phenolic OH excluding ortho intramolecular Hbond substituents is 1. The average Bonchev–Trinajstić information content (AvgIpc) is 3.47. The molecule has 3 aromatic rings. The molecule has 0 fully saturated rings. The Bertz CT molecular complexity index is 1300. The normalized spacial score (nSPS) is 21.8. The number of phenols is 1. The number of methoxy groups -OCH3 is 1. The van der Waals surface area contributed by atoms with Crippen molar-refractivity contribution in [1.29, 1.82) is 0 Å². The second-order valence-corrected chi connectivity index (χ2v) is 9.21. The standard InChI is InChI=1S/C29H30O7/c1-4-12-34-19-8-10-22-21(14-19)26(20-9-7-18(33-3)15-23(20)30)27(28(31)32)29(22,5-2)17-6-11-24-25(13-17)36-16-35-24/h6-11,13-15,26-27,30H,4-5,12,16H2,1-3H3,(H,31,32)/t26-,27-,29+/m1/s1. The van der Waals surface area contributed by atoms with E-state index in [0.717, 1.165) is 23.1 Å². The van der Waals surface area contributed by atoms with Crippen molar-refractivity contribution in [3.05, 3.63) is 76.9 Å². The smallest absolute Gasteiger partial charge is 0.308 e. The Morgan fingerprint density at radius 1 is 1.00 bits per heavy atom. The van der Waals surface area contributed by atoms with Gasteiger partial charge in [0.2, 0.25) is 6.79 Å². The first-order valence-corrected chi connectivity index (χ1v) is 12.2. The molecule has 7 nitrogen and oxygen atoms in total. The van der Waals surface area contributed by atoms with E-state index < -0.39 is 23.2 Å². The van der Waals surface area contributed by atoms with E-state index in [-0.39, 0.29) is 12.5 Å². The molecule has 0 bridgehead atoms. The molecule has 1 aliphatic carbocycles. The lowest BCUT2D eigenvalue weighted by molar-refractivity contribution is -0.144. The number of hydrogen-bond donors (Lipinski definition) is 2. The molecule has 5 rings (SSSR count). The maximum atomic E-state index is 13.1. The first kappa shape index (κ1) is 23.9. The number of ether oxygens (including phenoxy) is 4. The number of aliphatic carboxylic acids is 1. The Morgan fingerprint density at radius 2 is 1.78 bits per heavy atom. The molecule has 1 aliphatic heterocycles. The summed E-state index contributed by atoms with van der Waals surface area (Å²) in [4.78, 5) is 13.1. The summed E-state index contributed by atoms with van der Waals surface area (Å²) < 4.78 is 22.4. The zero-order valence-electron chi connectivity index (χ0n) is 20.6. The molecule has 3 aromatic carbocycles. The highest BCUT2D eigenvalue weighted by Gasteiger charge is 2.57. The second-order valence-electron chi connectivity index (χ2n) is 9.21. The van der Waals surface area contributed by atoms with Gasteiger partial charge in [-0.1, -0.05) is 32.0 Å². The van der Waals surface area contributed by atoms with Crippen molar-refractivity contribution in [3.63, 3.8) is 0 Å². The predicted molar refractivity (Wildman–Crippen MR) is 133 cm³/mol. The van der Waals surface area contributed by atoms with Crippen molar-refractivity contribution in [1.82, 2.24) is 0 Å². The van der Waals surface area contributed by atoms with Crippen LogP contribution in [0.2, 0.25) is 0 Å². The average molecular weight is 491 g/mol. The highest BCUT2D eigenvalue weighted by Crippen LogP contribution is 2.60. The Kier molecular flexibility index (Phi) is 6.16. The maximum Gasteiger partial charge on any atom is 0.308 e. The van der Waals surface area contributed by atoms with Crippen molar-refractivity contribution < 1.29 is 34.0 Å². The van der Waals surface area contributed by atoms with Crippen LogP contribution in [0, 0.1) is 5.92 Å². The zero-order valence-corrected chi connectivity index (χ0v) is 20.6. The molecule has 188 valence electrons. The number of carboxylic acids is 1. The fourth-order valence-corrected chi connectivity index (χ4v) is 5.88. The van der Waals surface area contributed by atoms with Gasteiger partial charge in [-0.05, 0) is 59.9 Å². The van der Waals surface area contributed by atoms with Gasteiger partial charge in [0.25, 0.3) is 0 Å². The van der Waals surface area contributed by atoms with Gasteiger partial charge in [-0.15, -0.1) is 0 Å². The Hall–Kier alpha value is -3.87. The molecule has 0 saturated heterocycles. The summed E-state index contributed by atoms with van der Waals surface area (Å²) in [6.07, 6.45) is 1.38. The zero-order chi connectivity index (χ0) is 25.4. The van der Waals surface area contributed by atoms with Crippen molar-refractivity contribution in [2.75, 3.05) is 20.5 Å². The third-order valence-corrected chi connectivity index (χ3v) is 7.46. The first-order valence-electron chi connectivity index (χ1n) is 12.2. The largest absolute Gasteiger partial charge is 0.508 e. The molecular formula is C29H30O7. The topological polar surface area (TPSA) is 94.5 Å². The van der Waals surface area contributed by atoms with Crippen LogP contribution in [-0.2, 0) is 10.2 Å². The van der Waals surface area contributed by atoms with E-state index in [1.807, 2.05) is 50.2 Å². The van der Waals surface area contributed by atoms with Crippen LogP contribution in [0.3, 0.4) is 0 Å². The molecule has 2 N–H and O–H groups in total. The van der Waals surface area contributed by atoms with Crippen molar-refractivity contribution >= 4 is 5.97 Å². The molecule has 3 atom stereocenters. The van der Waals surface area contributed by atoms with E-state index in [1.54, 1.807) is 12.1 Å². The third-order valence-electron chi connectivity index (χ3n) is 7.46. The summed E-state index contributed by atoms with van der Waals surface area (Å²) in [5.41, 5.74) is 2.23. The van der Waals surface area contributed by atoms with Crippen molar-refractivity contribution in [2.45, 2.75) is 38.0 Å². The van der Waals surface area contributed by atoms with Gasteiger partial charge in [0.05, 0.1) is 19.6 Å². The minimum absolute atomic E-state index is 0.00554. The SMILES string of the molecule is CCCOc1ccc2c(c1)[C@@H](c1ccc(OC)cc1O)[C@H](C(=O)O)[C@@]2(CC)c1ccc2c(c1)OCO2. The van der Waals surface area contributed by atoms with Crippen LogP contribution in [0.15, 0.2) is 54.6 Å². The molecule has 0 spiro atoms. The monoisotopic (exact) mass is 490 g/mol. The van der Waals surface area contributed by atoms with Crippen LogP contribution in [0.4, 0.5) is 0 Å². The minimum Gasteiger partial charge on any atom is -0.508 e. The van der Waals surface area contributed by atoms with Gasteiger partial charge in [0.1, 0.15) is 17.2 Å². The third kappa shape index (κ3) is 3.61. The van der Waals surface area contributed by atoms with E-state index in [2.05, 4.69) is 0 Å². The van der Waals surface area contributed by atoms with E-state index in [4.69, 9.17) is 18.9 Å². The summed E-state index contributed by atoms with van der Waals surface area (Å²) in [6.45, 7) is 4.73. The Morgan fingerprint density at radius 3 is 2.47 bits per heavy atom. The molecule has 0 amide bonds. The highest BCUT2D eigenvalue weighted by atomic mass is 16.7. The summed E-state index contributed by atoms with van der Waals surface area (Å²) >= 11 is 0. The molecule has 1 heterocycles. The van der Waals surface area contributed by atoms with E-state index >= 15 is 0 Å². The van der Waals surface area contributed by atoms with E-state index in [0.29, 0.717) is 41.6 Å². The maximum absolute atomic E-state index is 13.1. The van der Waals surface area contributed by atoms with Crippen LogP contribution in [0.1, 0.15) is 54.9 Å². The van der Waals surface area contributed by atoms with Gasteiger partial charge in [0.15, 0.2) is 11.5 Å². The summed E-state index contributed by atoms with van der Waals surface area (Å²) in [5, 5.41) is 21.8. The lowest BCUT2D eigenvalue weighted by Crippen LogP contribution is -2.39. The molecule has 0 radical (unpaired) electrons. The molecule has 0 unspecified atom stereocenters. The second kappa shape index (κ2) is 9.30.